The third-order valence-electron chi connectivity index (χ3n) is 3.41. The lowest BCUT2D eigenvalue weighted by Crippen LogP contribution is -2.37. The van der Waals surface area contributed by atoms with Crippen LogP contribution in [0.2, 0.25) is 0 Å². The maximum atomic E-state index is 12.6. The number of carbonyl (C=O) groups is 1. The molecule has 19 heavy (non-hydrogen) atoms. The number of hydrogen-bond donors (Lipinski definition) is 1. The van der Waals surface area contributed by atoms with E-state index in [1.165, 1.54) is 6.42 Å². The van der Waals surface area contributed by atoms with Crippen molar-refractivity contribution in [1.29, 1.82) is 0 Å². The minimum absolute atomic E-state index is 0.0863. The van der Waals surface area contributed by atoms with Gasteiger partial charge in [0.1, 0.15) is 5.69 Å². The van der Waals surface area contributed by atoms with E-state index in [0.717, 1.165) is 30.3 Å². The van der Waals surface area contributed by atoms with Crippen LogP contribution in [0.1, 0.15) is 36.2 Å². The lowest BCUT2D eigenvalue weighted by atomic mass is 10.0. The number of carbonyl (C=O) groups excluding carboxylic acids is 1. The summed E-state index contributed by atoms with van der Waals surface area (Å²) in [4.78, 5) is 12.6. The fourth-order valence-corrected chi connectivity index (χ4v) is 2.86. The normalized spacial score (nSPS) is 20.2. The maximum Gasteiger partial charge on any atom is 0.198 e. The Morgan fingerprint density at radius 2 is 2.42 bits per heavy atom. The Bertz CT molecular complexity index is 426. The van der Waals surface area contributed by atoms with E-state index >= 15 is 0 Å². The van der Waals surface area contributed by atoms with Crippen LogP contribution >= 0.6 is 15.9 Å². The maximum absolute atomic E-state index is 12.6. The first-order valence-electron chi connectivity index (χ1n) is 6.72. The fraction of sp³-hybridized carbons (Fsp3) is 0.692. The number of aromatic nitrogens is 2. The molecule has 0 radical (unpaired) electrons. The molecule has 106 valence electrons. The number of nitrogens with one attached hydrogen (secondary N) is 1. The van der Waals surface area contributed by atoms with Gasteiger partial charge in [-0.2, -0.15) is 5.10 Å². The third kappa shape index (κ3) is 3.64. The predicted molar refractivity (Wildman–Crippen MR) is 76.4 cm³/mol. The van der Waals surface area contributed by atoms with E-state index in [4.69, 9.17) is 4.74 Å². The number of ketones is 1. The number of Topliss-reactive ketones (excluding diaryl/α,β-unsaturated/α-hetero) is 1. The van der Waals surface area contributed by atoms with Gasteiger partial charge in [0.15, 0.2) is 5.78 Å². The van der Waals surface area contributed by atoms with Crippen molar-refractivity contribution in [3.8, 4) is 0 Å². The molecule has 1 fully saturated rings. The average molecular weight is 330 g/mol. The summed E-state index contributed by atoms with van der Waals surface area (Å²) < 4.78 is 7.54. The van der Waals surface area contributed by atoms with Gasteiger partial charge in [0.05, 0.1) is 29.9 Å². The van der Waals surface area contributed by atoms with Crippen molar-refractivity contribution in [2.75, 3.05) is 20.3 Å². The monoisotopic (exact) mass is 329 g/mol. The van der Waals surface area contributed by atoms with Crippen molar-refractivity contribution >= 4 is 21.7 Å². The Balaban J connectivity index is 2.14. The molecule has 0 aromatic carbocycles. The van der Waals surface area contributed by atoms with Crippen LogP contribution < -0.4 is 5.32 Å². The molecule has 0 bridgehead atoms. The molecule has 1 aromatic heterocycles. The minimum atomic E-state index is -0.0863. The van der Waals surface area contributed by atoms with E-state index in [1.54, 1.807) is 18.0 Å². The second kappa shape index (κ2) is 7.17. The highest BCUT2D eigenvalue weighted by atomic mass is 79.9. The molecule has 0 amide bonds. The first kappa shape index (κ1) is 14.7. The van der Waals surface area contributed by atoms with Crippen LogP contribution in [0, 0.1) is 0 Å². The second-order valence-electron chi connectivity index (χ2n) is 4.78. The van der Waals surface area contributed by atoms with E-state index in [0.29, 0.717) is 18.8 Å². The summed E-state index contributed by atoms with van der Waals surface area (Å²) in [7, 11) is 1.65. The smallest absolute Gasteiger partial charge is 0.198 e. The highest BCUT2D eigenvalue weighted by Crippen LogP contribution is 2.20. The lowest BCUT2D eigenvalue weighted by molar-refractivity contribution is 0.0925. The molecule has 6 heteroatoms. The van der Waals surface area contributed by atoms with E-state index in [-0.39, 0.29) is 11.8 Å². The van der Waals surface area contributed by atoms with Crippen LogP contribution in [0.3, 0.4) is 0 Å². The van der Waals surface area contributed by atoms with E-state index in [2.05, 4.69) is 26.3 Å². The molecule has 0 aliphatic carbocycles. The fourth-order valence-electron chi connectivity index (χ4n) is 2.37. The number of halogens is 1. The summed E-state index contributed by atoms with van der Waals surface area (Å²) in [5, 5.41) is 7.57. The van der Waals surface area contributed by atoms with Gasteiger partial charge in [0.25, 0.3) is 0 Å². The van der Waals surface area contributed by atoms with Crippen LogP contribution in [-0.4, -0.2) is 41.9 Å². The van der Waals surface area contributed by atoms with E-state index < -0.39 is 0 Å². The number of rotatable bonds is 5. The molecular weight excluding hydrogens is 310 g/mol. The number of nitrogens with zero attached hydrogens (tertiary/aromatic N) is 2. The molecule has 0 spiro atoms. The van der Waals surface area contributed by atoms with Crippen molar-refractivity contribution in [3.05, 3.63) is 16.4 Å². The van der Waals surface area contributed by atoms with Gasteiger partial charge in [0, 0.05) is 7.11 Å². The van der Waals surface area contributed by atoms with Crippen LogP contribution in [-0.2, 0) is 11.3 Å². The summed E-state index contributed by atoms with van der Waals surface area (Å²) in [5.41, 5.74) is 0.649. The van der Waals surface area contributed by atoms with Crippen LogP contribution in [0.25, 0.3) is 0 Å². The zero-order valence-electron chi connectivity index (χ0n) is 11.2. The van der Waals surface area contributed by atoms with Crippen molar-refractivity contribution in [2.45, 2.75) is 38.3 Å². The average Bonchev–Trinajstić information content (AvgIpc) is 2.64. The second-order valence-corrected chi connectivity index (χ2v) is 5.63. The Morgan fingerprint density at radius 3 is 3.21 bits per heavy atom. The van der Waals surface area contributed by atoms with Crippen LogP contribution in [0.4, 0.5) is 0 Å². The summed E-state index contributed by atoms with van der Waals surface area (Å²) in [6.45, 7) is 2.06. The van der Waals surface area contributed by atoms with Gasteiger partial charge in [0.2, 0.25) is 0 Å². The highest BCUT2D eigenvalue weighted by Gasteiger charge is 2.26. The molecule has 1 saturated heterocycles. The quantitative estimate of drug-likeness (QED) is 0.839. The van der Waals surface area contributed by atoms with Crippen molar-refractivity contribution in [1.82, 2.24) is 15.1 Å². The zero-order chi connectivity index (χ0) is 13.7. The molecule has 1 aromatic rings. The molecule has 1 unspecified atom stereocenters. The van der Waals surface area contributed by atoms with Gasteiger partial charge in [-0.1, -0.05) is 12.8 Å². The molecule has 2 rings (SSSR count). The first-order valence-corrected chi connectivity index (χ1v) is 7.51. The Morgan fingerprint density at radius 1 is 1.58 bits per heavy atom. The Hall–Kier alpha value is -0.720. The molecule has 2 heterocycles. The Labute approximate surface area is 121 Å². The lowest BCUT2D eigenvalue weighted by Gasteiger charge is -2.15. The topological polar surface area (TPSA) is 56.2 Å². The third-order valence-corrected chi connectivity index (χ3v) is 3.99. The first-order chi connectivity index (χ1) is 9.24. The van der Waals surface area contributed by atoms with Gasteiger partial charge >= 0.3 is 0 Å². The SMILES string of the molecule is COCCn1ncc(Br)c1C(=O)C1CCCCCN1. The minimum Gasteiger partial charge on any atom is -0.383 e. The van der Waals surface area contributed by atoms with Gasteiger partial charge in [-0.25, -0.2) is 0 Å². The molecular formula is C13H20BrN3O2. The molecule has 0 saturated carbocycles. The molecule has 5 nitrogen and oxygen atoms in total. The number of hydrogen-bond acceptors (Lipinski definition) is 4. The van der Waals surface area contributed by atoms with Crippen LogP contribution in [0.15, 0.2) is 10.7 Å². The van der Waals surface area contributed by atoms with E-state index in [9.17, 15) is 4.79 Å². The number of ether oxygens (including phenoxy) is 1. The van der Waals surface area contributed by atoms with Gasteiger partial charge in [-0.05, 0) is 35.3 Å². The summed E-state index contributed by atoms with van der Waals surface area (Å²) in [6.07, 6.45) is 6.03. The summed E-state index contributed by atoms with van der Waals surface area (Å²) in [6, 6.07) is -0.0863. The standard InChI is InChI=1S/C13H20BrN3O2/c1-19-8-7-17-12(10(14)9-16-17)13(18)11-5-3-2-4-6-15-11/h9,11,15H,2-8H2,1H3. The van der Waals surface area contributed by atoms with Crippen molar-refractivity contribution in [3.63, 3.8) is 0 Å². The zero-order valence-corrected chi connectivity index (χ0v) is 12.8. The number of methoxy groups -OCH3 is 1. The highest BCUT2D eigenvalue weighted by molar-refractivity contribution is 9.10. The summed E-state index contributed by atoms with van der Waals surface area (Å²) >= 11 is 3.42. The van der Waals surface area contributed by atoms with Crippen molar-refractivity contribution < 1.29 is 9.53 Å². The van der Waals surface area contributed by atoms with Gasteiger partial charge in [-0.3, -0.25) is 9.48 Å². The molecule has 1 aliphatic heterocycles. The predicted octanol–water partition coefficient (Wildman–Crippen LogP) is 2.01. The Kier molecular flexibility index (Phi) is 5.54. The van der Waals surface area contributed by atoms with Crippen LogP contribution in [0.5, 0.6) is 0 Å². The molecule has 1 N–H and O–H groups in total. The van der Waals surface area contributed by atoms with Gasteiger partial charge < -0.3 is 10.1 Å². The molecule has 1 aliphatic rings. The van der Waals surface area contributed by atoms with Crippen molar-refractivity contribution in [2.24, 2.45) is 0 Å². The van der Waals surface area contributed by atoms with E-state index in [1.807, 2.05) is 0 Å². The summed E-state index contributed by atoms with van der Waals surface area (Å²) in [5.74, 6) is 0.127. The molecule has 1 atom stereocenters. The van der Waals surface area contributed by atoms with Gasteiger partial charge in [-0.15, -0.1) is 0 Å². The largest absolute Gasteiger partial charge is 0.383 e.